The average molecular weight is 387 g/mol. The lowest BCUT2D eigenvalue weighted by Crippen LogP contribution is -2.51. The number of amides is 3. The largest absolute Gasteiger partial charge is 0.369 e. The number of rotatable bonds is 6. The highest BCUT2D eigenvalue weighted by atomic mass is 16.2. The zero-order chi connectivity index (χ0) is 19.9. The van der Waals surface area contributed by atoms with E-state index < -0.39 is 0 Å². The van der Waals surface area contributed by atoms with Gasteiger partial charge in [0.1, 0.15) is 0 Å². The topological polar surface area (TPSA) is 89.1 Å². The number of aryl methyl sites for hydroxylation is 1. The Hall–Kier alpha value is -2.77. The number of urea groups is 1. The monoisotopic (exact) mass is 386 g/mol. The number of aliphatic imine (C=N–C) groups is 1. The molecule has 0 spiro atoms. The first-order valence-corrected chi connectivity index (χ1v) is 10.0. The molecular weight excluding hydrogens is 356 g/mol. The van der Waals surface area contributed by atoms with Crippen LogP contribution < -0.4 is 20.9 Å². The van der Waals surface area contributed by atoms with Gasteiger partial charge in [0.15, 0.2) is 5.96 Å². The predicted octanol–water partition coefficient (Wildman–Crippen LogP) is 1.07. The number of piperidine rings is 1. The molecule has 0 aliphatic carbocycles. The Bertz CT molecular complexity index is 702. The first-order chi connectivity index (χ1) is 13.6. The van der Waals surface area contributed by atoms with Crippen LogP contribution in [0.3, 0.4) is 0 Å². The van der Waals surface area contributed by atoms with Crippen LogP contribution in [0.4, 0.5) is 10.5 Å². The van der Waals surface area contributed by atoms with Gasteiger partial charge in [0.2, 0.25) is 5.91 Å². The van der Waals surface area contributed by atoms with Crippen LogP contribution in [0.25, 0.3) is 0 Å². The second kappa shape index (κ2) is 9.43. The van der Waals surface area contributed by atoms with Gasteiger partial charge in [0.05, 0.1) is 19.6 Å². The number of nitrogens with zero attached hydrogens (tertiary/aromatic N) is 3. The van der Waals surface area contributed by atoms with E-state index in [0.717, 1.165) is 38.4 Å². The number of benzene rings is 1. The van der Waals surface area contributed by atoms with Gasteiger partial charge in [0.25, 0.3) is 0 Å². The molecule has 2 aliphatic rings. The van der Waals surface area contributed by atoms with Crippen LogP contribution in [0.15, 0.2) is 29.3 Å². The molecule has 3 amide bonds. The van der Waals surface area contributed by atoms with E-state index in [1.165, 1.54) is 16.2 Å². The van der Waals surface area contributed by atoms with E-state index in [-0.39, 0.29) is 18.5 Å². The van der Waals surface area contributed by atoms with Crippen LogP contribution >= 0.6 is 0 Å². The lowest BCUT2D eigenvalue weighted by atomic mass is 10.0. The molecule has 2 fully saturated rings. The quantitative estimate of drug-likeness (QED) is 0.387. The van der Waals surface area contributed by atoms with E-state index >= 15 is 0 Å². The van der Waals surface area contributed by atoms with E-state index in [1.807, 2.05) is 6.92 Å². The molecule has 152 valence electrons. The zero-order valence-corrected chi connectivity index (χ0v) is 16.7. The molecule has 2 aliphatic heterocycles. The Balaban J connectivity index is 1.55. The standard InChI is InChI=1S/C20H30N6O2/c1-3-21-19(22-10-12-26-18(27)13-23-20(26)28)24-16-5-4-11-25(14-16)17-8-6-15(2)7-9-17/h6-9,16H,3-5,10-14H2,1-2H3,(H,23,28)(H2,21,22,24). The minimum Gasteiger partial charge on any atom is -0.369 e. The summed E-state index contributed by atoms with van der Waals surface area (Å²) in [5, 5.41) is 9.29. The minimum absolute atomic E-state index is 0.0811. The van der Waals surface area contributed by atoms with E-state index in [2.05, 4.69) is 57.0 Å². The molecule has 3 rings (SSSR count). The number of carbonyl (C=O) groups excluding carboxylic acids is 2. The van der Waals surface area contributed by atoms with Crippen molar-refractivity contribution in [2.45, 2.75) is 32.7 Å². The fourth-order valence-corrected chi connectivity index (χ4v) is 3.54. The van der Waals surface area contributed by atoms with Gasteiger partial charge in [-0.15, -0.1) is 0 Å². The molecule has 1 atom stereocenters. The Morgan fingerprint density at radius 3 is 2.75 bits per heavy atom. The molecule has 3 N–H and O–H groups in total. The third-order valence-corrected chi connectivity index (χ3v) is 5.04. The number of hydrogen-bond donors (Lipinski definition) is 3. The van der Waals surface area contributed by atoms with Crippen LogP contribution in [-0.2, 0) is 4.79 Å². The molecule has 0 radical (unpaired) electrons. The van der Waals surface area contributed by atoms with E-state index in [1.54, 1.807) is 0 Å². The van der Waals surface area contributed by atoms with Gasteiger partial charge in [-0.1, -0.05) is 17.7 Å². The SMILES string of the molecule is CCNC(=NCCN1C(=O)CNC1=O)NC1CCCN(c2ccc(C)cc2)C1. The number of imide groups is 1. The van der Waals surface area contributed by atoms with Crippen LogP contribution in [0.5, 0.6) is 0 Å². The third-order valence-electron chi connectivity index (χ3n) is 5.04. The lowest BCUT2D eigenvalue weighted by molar-refractivity contribution is -0.124. The summed E-state index contributed by atoms with van der Waals surface area (Å²) in [4.78, 5) is 31.4. The molecule has 0 saturated carbocycles. The third kappa shape index (κ3) is 5.15. The van der Waals surface area contributed by atoms with Gasteiger partial charge in [-0.2, -0.15) is 0 Å². The molecule has 1 aromatic rings. The lowest BCUT2D eigenvalue weighted by Gasteiger charge is -2.35. The van der Waals surface area contributed by atoms with Crippen LogP contribution in [-0.4, -0.2) is 68.1 Å². The maximum atomic E-state index is 11.7. The summed E-state index contributed by atoms with van der Waals surface area (Å²) in [5.74, 6) is 0.532. The summed E-state index contributed by atoms with van der Waals surface area (Å²) >= 11 is 0. The fourth-order valence-electron chi connectivity index (χ4n) is 3.54. The zero-order valence-electron chi connectivity index (χ0n) is 16.7. The first-order valence-electron chi connectivity index (χ1n) is 10.0. The highest BCUT2D eigenvalue weighted by molar-refractivity contribution is 6.01. The molecular formula is C20H30N6O2. The molecule has 28 heavy (non-hydrogen) atoms. The number of carbonyl (C=O) groups is 2. The van der Waals surface area contributed by atoms with Crippen molar-refractivity contribution in [3.8, 4) is 0 Å². The van der Waals surface area contributed by atoms with Crippen LogP contribution in [0, 0.1) is 6.92 Å². The predicted molar refractivity (Wildman–Crippen MR) is 111 cm³/mol. The Labute approximate surface area is 166 Å². The van der Waals surface area contributed by atoms with Crippen molar-refractivity contribution in [1.29, 1.82) is 0 Å². The summed E-state index contributed by atoms with van der Waals surface area (Å²) in [6.45, 7) is 7.60. The fraction of sp³-hybridized carbons (Fsp3) is 0.550. The Kier molecular flexibility index (Phi) is 6.73. The smallest absolute Gasteiger partial charge is 0.324 e. The van der Waals surface area contributed by atoms with Crippen molar-refractivity contribution in [2.75, 3.05) is 44.2 Å². The summed E-state index contributed by atoms with van der Waals surface area (Å²) in [7, 11) is 0. The van der Waals surface area contributed by atoms with Crippen LogP contribution in [0.1, 0.15) is 25.3 Å². The summed E-state index contributed by atoms with van der Waals surface area (Å²) in [6, 6.07) is 8.61. The van der Waals surface area contributed by atoms with Gasteiger partial charge in [0, 0.05) is 31.4 Å². The van der Waals surface area contributed by atoms with Gasteiger partial charge in [-0.3, -0.25) is 14.7 Å². The number of guanidine groups is 1. The van der Waals surface area contributed by atoms with E-state index in [0.29, 0.717) is 19.1 Å². The second-order valence-corrected chi connectivity index (χ2v) is 7.23. The molecule has 0 bridgehead atoms. The van der Waals surface area contributed by atoms with E-state index in [9.17, 15) is 9.59 Å². The maximum absolute atomic E-state index is 11.7. The van der Waals surface area contributed by atoms with Gasteiger partial charge >= 0.3 is 6.03 Å². The van der Waals surface area contributed by atoms with Crippen LogP contribution in [0.2, 0.25) is 0 Å². The average Bonchev–Trinajstić information content (AvgIpc) is 3.01. The molecule has 2 heterocycles. The number of hydrogen-bond acceptors (Lipinski definition) is 4. The molecule has 1 unspecified atom stereocenters. The molecule has 8 nitrogen and oxygen atoms in total. The van der Waals surface area contributed by atoms with Crippen molar-refractivity contribution in [3.63, 3.8) is 0 Å². The summed E-state index contributed by atoms with van der Waals surface area (Å²) in [6.07, 6.45) is 2.20. The van der Waals surface area contributed by atoms with Gasteiger partial charge < -0.3 is 20.9 Å². The van der Waals surface area contributed by atoms with Crippen molar-refractivity contribution in [1.82, 2.24) is 20.9 Å². The van der Waals surface area contributed by atoms with E-state index in [4.69, 9.17) is 0 Å². The van der Waals surface area contributed by atoms with Crippen molar-refractivity contribution >= 4 is 23.6 Å². The molecule has 2 saturated heterocycles. The first kappa shape index (κ1) is 20.0. The van der Waals surface area contributed by atoms with Gasteiger partial charge in [-0.25, -0.2) is 4.79 Å². The summed E-state index contributed by atoms with van der Waals surface area (Å²) in [5.41, 5.74) is 2.51. The van der Waals surface area contributed by atoms with Crippen molar-refractivity contribution in [3.05, 3.63) is 29.8 Å². The van der Waals surface area contributed by atoms with Crippen molar-refractivity contribution in [2.24, 2.45) is 4.99 Å². The Morgan fingerprint density at radius 2 is 2.07 bits per heavy atom. The minimum atomic E-state index is -0.334. The normalized spacial score (nSPS) is 20.4. The summed E-state index contributed by atoms with van der Waals surface area (Å²) < 4.78 is 0. The number of anilines is 1. The Morgan fingerprint density at radius 1 is 1.29 bits per heavy atom. The number of nitrogens with one attached hydrogen (secondary N) is 3. The highest BCUT2D eigenvalue weighted by Gasteiger charge is 2.27. The molecule has 0 aromatic heterocycles. The second-order valence-electron chi connectivity index (χ2n) is 7.23. The maximum Gasteiger partial charge on any atom is 0.324 e. The van der Waals surface area contributed by atoms with Crippen molar-refractivity contribution < 1.29 is 9.59 Å². The van der Waals surface area contributed by atoms with Gasteiger partial charge in [-0.05, 0) is 38.8 Å². The highest BCUT2D eigenvalue weighted by Crippen LogP contribution is 2.20. The molecule has 1 aromatic carbocycles. The molecule has 8 heteroatoms.